The van der Waals surface area contributed by atoms with E-state index < -0.39 is 80.0 Å². The average molecular weight is 1160 g/mol. The van der Waals surface area contributed by atoms with Gasteiger partial charge in [-0.2, -0.15) is 8.78 Å². The number of nitrogens with one attached hydrogen (secondary N) is 3. The van der Waals surface area contributed by atoms with E-state index in [9.17, 15) is 47.1 Å². The minimum atomic E-state index is -4.06. The number of primary amides is 1. The molecule has 25 heteroatoms. The summed E-state index contributed by atoms with van der Waals surface area (Å²) in [4.78, 5) is 135. The van der Waals surface area contributed by atoms with E-state index in [1.165, 1.54) is 33.3 Å². The molecule has 3 fully saturated rings. The van der Waals surface area contributed by atoms with Crippen LogP contribution >= 0.6 is 42.9 Å². The molecule has 9 rings (SSSR count). The van der Waals surface area contributed by atoms with Gasteiger partial charge in [-0.1, -0.05) is 48.1 Å². The molecular formula is C54H54ClF2N8O11PS2. The number of carbonyl (C=O) groups excluding carboxylic acids is 8. The Morgan fingerprint density at radius 1 is 0.975 bits per heavy atom. The maximum atomic E-state index is 15.0. The van der Waals surface area contributed by atoms with Crippen LogP contribution in [0.3, 0.4) is 0 Å². The Morgan fingerprint density at radius 3 is 2.53 bits per heavy atom. The molecule has 0 spiro atoms. The number of carbonyl (C=O) groups is 8. The van der Waals surface area contributed by atoms with Gasteiger partial charge in [0.25, 0.3) is 11.8 Å². The summed E-state index contributed by atoms with van der Waals surface area (Å²) < 4.78 is 33.8. The van der Waals surface area contributed by atoms with Crippen molar-refractivity contribution in [3.63, 3.8) is 0 Å². The predicted octanol–water partition coefficient (Wildman–Crippen LogP) is 6.53. The monoisotopic (exact) mass is 1160 g/mol. The normalized spacial score (nSPS) is 19.8. The number of nitrogens with two attached hydrogens (primary N) is 1. The van der Waals surface area contributed by atoms with Crippen LogP contribution in [0, 0.1) is 11.8 Å². The van der Waals surface area contributed by atoms with Crippen LogP contribution < -0.4 is 21.7 Å². The summed E-state index contributed by atoms with van der Waals surface area (Å²) in [6.45, 7) is 0.154. The molecule has 0 saturated carbocycles. The summed E-state index contributed by atoms with van der Waals surface area (Å²) in [7, 11) is -3.40. The lowest BCUT2D eigenvalue weighted by molar-refractivity contribution is -0.189. The molecule has 4 aliphatic rings. The Balaban J connectivity index is 0.877. The Bertz CT molecular complexity index is 3280. The van der Waals surface area contributed by atoms with Crippen LogP contribution in [0.4, 0.5) is 8.78 Å². The van der Waals surface area contributed by atoms with Gasteiger partial charge in [0.2, 0.25) is 35.4 Å². The fourth-order valence-corrected chi connectivity index (χ4v) is 12.8. The number of hydrogen-bond donors (Lipinski definition) is 6. The first-order chi connectivity index (χ1) is 37.8. The van der Waals surface area contributed by atoms with Gasteiger partial charge in [-0.25, -0.2) is 9.51 Å². The molecule has 5 aromatic rings. The smallest absolute Gasteiger partial charge is 0.370 e. The fourth-order valence-electron chi connectivity index (χ4n) is 10.4. The maximum absolute atomic E-state index is 15.0. The van der Waals surface area contributed by atoms with Crippen molar-refractivity contribution in [2.75, 3.05) is 13.1 Å². The van der Waals surface area contributed by atoms with E-state index in [0.29, 0.717) is 64.4 Å². The molecule has 0 radical (unpaired) electrons. The number of thiophene rings is 1. The standard InChI is InChI=1S/C54H54ClF2N8O11PS2/c55-34-14-11-31(12-15-34)44-27-59-51(79-44)38(17-21-45(58)66)60-49(70)41-18-16-35-23-24-63(29-39(53(73)65(35)41)61-50(71)43-26-32-25-33(13-20-42(32)78-43)54(56,57)76-77(74)75)47(68)10-5-3-1-2-4-7-30-8-6-9-36-37(30)28-64(52(36)72)40-19-22-46(67)62-48(40)69/h6,8-9,11-15,20,25-27,35,38-41,74-75H,1-3,5,10,16-19,21-24,28-29H2,(H2,58,66)(H,60,70)(H,61,71)(H,62,67,69)/t35-,38+,39+,40?,41+/m1/s1. The summed E-state index contributed by atoms with van der Waals surface area (Å²) in [6, 6.07) is 12.8. The molecule has 1 unspecified atom stereocenters. The molecule has 414 valence electrons. The number of alkyl halides is 2. The van der Waals surface area contributed by atoms with Crippen molar-refractivity contribution in [1.82, 2.24) is 35.6 Å². The summed E-state index contributed by atoms with van der Waals surface area (Å²) in [5.74, 6) is 2.49. The Morgan fingerprint density at radius 2 is 1.77 bits per heavy atom. The molecule has 2 aromatic heterocycles. The van der Waals surface area contributed by atoms with Crippen molar-refractivity contribution < 1.29 is 61.4 Å². The Hall–Kier alpha value is -6.77. The van der Waals surface area contributed by atoms with Crippen LogP contribution in [0.5, 0.6) is 0 Å². The topological polar surface area (TPSA) is 271 Å². The number of thiazole rings is 1. The van der Waals surface area contributed by atoms with Crippen LogP contribution in [-0.2, 0) is 45.9 Å². The Kier molecular flexibility index (Phi) is 17.8. The first kappa shape index (κ1) is 56.9. The van der Waals surface area contributed by atoms with Gasteiger partial charge in [-0.05, 0) is 110 Å². The molecule has 0 aliphatic carbocycles. The highest BCUT2D eigenvalue weighted by molar-refractivity contribution is 7.39. The maximum Gasteiger partial charge on any atom is 0.389 e. The van der Waals surface area contributed by atoms with Gasteiger partial charge in [0.1, 0.15) is 23.1 Å². The number of fused-ring (bicyclic) bond motifs is 3. The molecule has 7 N–H and O–H groups in total. The van der Waals surface area contributed by atoms with E-state index in [2.05, 4.69) is 37.3 Å². The lowest BCUT2D eigenvalue weighted by atomic mass is 10.0. The van der Waals surface area contributed by atoms with Crippen LogP contribution in [0.25, 0.3) is 20.5 Å². The van der Waals surface area contributed by atoms with Gasteiger partial charge in [0, 0.05) is 78.4 Å². The van der Waals surface area contributed by atoms with E-state index in [-0.39, 0.29) is 86.1 Å². The van der Waals surface area contributed by atoms with E-state index in [0.717, 1.165) is 39.5 Å². The second kappa shape index (κ2) is 24.7. The second-order valence-electron chi connectivity index (χ2n) is 19.6. The third-order valence-corrected chi connectivity index (χ3v) is 17.3. The molecule has 3 saturated heterocycles. The first-order valence-electron chi connectivity index (χ1n) is 25.6. The fraction of sp³-hybridized carbons (Fsp3) is 0.389. The summed E-state index contributed by atoms with van der Waals surface area (Å²) >= 11 is 8.38. The number of imide groups is 1. The van der Waals surface area contributed by atoms with Crippen molar-refractivity contribution in [3.05, 3.63) is 110 Å². The number of aromatic nitrogens is 1. The third-order valence-electron chi connectivity index (χ3n) is 14.4. The molecule has 0 bridgehead atoms. The lowest BCUT2D eigenvalue weighted by Crippen LogP contribution is -2.61. The Labute approximate surface area is 466 Å². The zero-order valence-electron chi connectivity index (χ0n) is 42.3. The van der Waals surface area contributed by atoms with Crippen molar-refractivity contribution >= 4 is 100 Å². The number of halogens is 3. The second-order valence-corrected chi connectivity index (χ2v) is 22.9. The van der Waals surface area contributed by atoms with E-state index in [1.807, 2.05) is 18.2 Å². The third kappa shape index (κ3) is 13.3. The minimum Gasteiger partial charge on any atom is -0.370 e. The number of unbranched alkanes of at least 4 members (excludes halogenated alkanes) is 3. The highest BCUT2D eigenvalue weighted by Gasteiger charge is 2.46. The lowest BCUT2D eigenvalue weighted by Gasteiger charge is -2.39. The molecule has 3 aromatic carbocycles. The summed E-state index contributed by atoms with van der Waals surface area (Å²) in [5, 5.41) is 9.40. The van der Waals surface area contributed by atoms with Gasteiger partial charge >= 0.3 is 14.7 Å². The van der Waals surface area contributed by atoms with Gasteiger partial charge in [0.05, 0.1) is 21.4 Å². The minimum absolute atomic E-state index is 0.0455. The van der Waals surface area contributed by atoms with Crippen molar-refractivity contribution in [3.8, 4) is 22.3 Å². The number of piperidine rings is 1. The molecule has 6 heterocycles. The molecule has 8 amide bonds. The SMILES string of the molecule is NC(=O)CC[C@H](NC(=O)[C@@H]1CC[C@@H]2CCN(C(=O)CCCCCC#Cc3cccc4c3CN(C3CCC(=O)NC3=O)C4=O)C[C@H](NC(=O)c3cc4cc(C(F)(F)OP(O)O)ccc4s3)C(=O)N21)c1ncc(-c2ccc(Cl)cc2)s1. The summed E-state index contributed by atoms with van der Waals surface area (Å²) in [5.41, 5.74) is 7.55. The highest BCUT2D eigenvalue weighted by Crippen LogP contribution is 2.43. The van der Waals surface area contributed by atoms with Crippen molar-refractivity contribution in [2.45, 2.75) is 120 Å². The van der Waals surface area contributed by atoms with Crippen LogP contribution in [0.1, 0.15) is 125 Å². The largest absolute Gasteiger partial charge is 0.389 e. The van der Waals surface area contributed by atoms with Crippen LogP contribution in [0.2, 0.25) is 5.02 Å². The first-order valence-corrected chi connectivity index (χ1v) is 28.8. The van der Waals surface area contributed by atoms with Gasteiger partial charge < -0.3 is 40.9 Å². The number of nitrogens with zero attached hydrogens (tertiary/aromatic N) is 4. The van der Waals surface area contributed by atoms with E-state index in [4.69, 9.17) is 27.1 Å². The zero-order chi connectivity index (χ0) is 56.1. The molecule has 19 nitrogen and oxygen atoms in total. The van der Waals surface area contributed by atoms with E-state index in [1.54, 1.807) is 35.4 Å². The van der Waals surface area contributed by atoms with Crippen LogP contribution in [-0.4, -0.2) is 114 Å². The molecule has 4 aliphatic heterocycles. The number of hydrogen-bond acceptors (Lipinski definition) is 14. The molecule has 79 heavy (non-hydrogen) atoms. The van der Waals surface area contributed by atoms with Crippen LogP contribution in [0.15, 0.2) is 72.9 Å². The number of rotatable bonds is 18. The molecule has 5 atom stereocenters. The quantitative estimate of drug-likeness (QED) is 0.0237. The predicted molar refractivity (Wildman–Crippen MR) is 289 cm³/mol. The zero-order valence-corrected chi connectivity index (χ0v) is 45.5. The average Bonchev–Trinajstić information content (AvgIpc) is 4.37. The van der Waals surface area contributed by atoms with Crippen molar-refractivity contribution in [2.24, 2.45) is 5.73 Å². The van der Waals surface area contributed by atoms with Gasteiger partial charge in [-0.15, -0.1) is 22.7 Å². The summed E-state index contributed by atoms with van der Waals surface area (Å²) in [6.07, 6.45) is 1.41. The van der Waals surface area contributed by atoms with Gasteiger partial charge in [-0.3, -0.25) is 43.7 Å². The van der Waals surface area contributed by atoms with Gasteiger partial charge in [0.15, 0.2) is 0 Å². The number of benzene rings is 3. The van der Waals surface area contributed by atoms with E-state index >= 15 is 0 Å². The number of amides is 8. The van der Waals surface area contributed by atoms with Crippen molar-refractivity contribution in [1.29, 1.82) is 0 Å². The highest BCUT2D eigenvalue weighted by atomic mass is 35.5. The molecular weight excluding hydrogens is 1110 g/mol.